The van der Waals surface area contributed by atoms with E-state index in [2.05, 4.69) is 36.9 Å². The Morgan fingerprint density at radius 3 is 2.03 bits per heavy atom. The highest BCUT2D eigenvalue weighted by molar-refractivity contribution is 5.98. The first-order valence-corrected chi connectivity index (χ1v) is 20.5. The van der Waals surface area contributed by atoms with Crippen molar-refractivity contribution in [3.8, 4) is 0 Å². The number of aromatic amines is 1. The number of aliphatic carboxylic acids is 1. The predicted molar refractivity (Wildman–Crippen MR) is 238 cm³/mol. The van der Waals surface area contributed by atoms with Gasteiger partial charge in [0, 0.05) is 54.9 Å². The molecule has 0 unspecified atom stereocenters. The summed E-state index contributed by atoms with van der Waals surface area (Å²) in [5.74, 6) is -4.78. The van der Waals surface area contributed by atoms with Gasteiger partial charge in [0.2, 0.25) is 23.6 Å². The van der Waals surface area contributed by atoms with Crippen LogP contribution in [0.5, 0.6) is 0 Å². The fraction of sp³-hybridized carbons (Fsp3) is 0.283. The maximum atomic E-state index is 14.3. The van der Waals surface area contributed by atoms with Crippen LogP contribution in [0.1, 0.15) is 42.4 Å². The molecule has 0 aliphatic heterocycles. The van der Waals surface area contributed by atoms with E-state index in [-0.39, 0.29) is 32.2 Å². The number of hydrogen-bond acceptors (Lipinski definition) is 7. The third-order valence-electron chi connectivity index (χ3n) is 10.4. The molecule has 8 amide bonds. The van der Waals surface area contributed by atoms with Crippen LogP contribution in [0.3, 0.4) is 0 Å². The minimum atomic E-state index is -1.67. The zero-order valence-corrected chi connectivity index (χ0v) is 35.1. The topological polar surface area (TPSA) is 257 Å². The largest absolute Gasteiger partial charge is 0.481 e. The number of benzene rings is 4. The molecule has 0 saturated carbocycles. The molecule has 5 aromatic rings. The number of amides is 8. The lowest BCUT2D eigenvalue weighted by molar-refractivity contribution is -0.146. The predicted octanol–water partition coefficient (Wildman–Crippen LogP) is 4.20. The molecule has 1 heterocycles. The van der Waals surface area contributed by atoms with Crippen LogP contribution >= 0.6 is 0 Å². The molecule has 4 aromatic carbocycles. The van der Waals surface area contributed by atoms with Crippen LogP contribution in [0.4, 0.5) is 21.0 Å². The number of fused-ring (bicyclic) bond motifs is 1. The number of rotatable bonds is 21. The number of primary amides is 1. The lowest BCUT2D eigenvalue weighted by Gasteiger charge is -2.30. The third kappa shape index (κ3) is 13.9. The van der Waals surface area contributed by atoms with Crippen molar-refractivity contribution in [1.82, 2.24) is 31.2 Å². The van der Waals surface area contributed by atoms with Crippen molar-refractivity contribution in [2.75, 3.05) is 24.2 Å². The van der Waals surface area contributed by atoms with Crippen LogP contribution < -0.4 is 37.6 Å². The highest BCUT2D eigenvalue weighted by atomic mass is 16.4. The Morgan fingerprint density at radius 2 is 1.33 bits per heavy atom. The van der Waals surface area contributed by atoms with E-state index in [1.165, 1.54) is 7.05 Å². The molecule has 4 atom stereocenters. The number of carbonyl (C=O) groups excluding carboxylic acids is 6. The maximum absolute atomic E-state index is 14.3. The third-order valence-corrected chi connectivity index (χ3v) is 10.4. The van der Waals surface area contributed by atoms with E-state index >= 15 is 0 Å². The van der Waals surface area contributed by atoms with E-state index in [9.17, 15) is 38.7 Å². The van der Waals surface area contributed by atoms with E-state index in [1.54, 1.807) is 79.0 Å². The summed E-state index contributed by atoms with van der Waals surface area (Å²) in [6.07, 6.45) is 1.53. The molecular weight excluding hydrogens is 807 g/mol. The minimum Gasteiger partial charge on any atom is -0.481 e. The van der Waals surface area contributed by atoms with Gasteiger partial charge in [-0.3, -0.25) is 24.0 Å². The van der Waals surface area contributed by atoms with E-state index in [0.29, 0.717) is 28.9 Å². The van der Waals surface area contributed by atoms with E-state index < -0.39 is 72.2 Å². The van der Waals surface area contributed by atoms with Crippen molar-refractivity contribution < 1.29 is 38.7 Å². The Hall–Kier alpha value is -7.69. The van der Waals surface area contributed by atoms with Crippen molar-refractivity contribution in [1.29, 1.82) is 0 Å². The molecule has 0 fully saturated rings. The summed E-state index contributed by atoms with van der Waals surface area (Å²) in [5.41, 5.74) is 9.90. The van der Waals surface area contributed by atoms with Gasteiger partial charge in [-0.15, -0.1) is 0 Å². The van der Waals surface area contributed by atoms with Gasteiger partial charge in [-0.1, -0.05) is 84.9 Å². The second kappa shape index (κ2) is 22.8. The highest BCUT2D eigenvalue weighted by Gasteiger charge is 2.35. The number of carboxylic acid groups (broad SMARTS) is 1. The molecule has 0 saturated heterocycles. The second-order valence-corrected chi connectivity index (χ2v) is 15.0. The van der Waals surface area contributed by atoms with Crippen LogP contribution in [-0.2, 0) is 36.8 Å². The number of unbranched alkanes of at least 4 members (excludes halogenated alkanes) is 1. The second-order valence-electron chi connectivity index (χ2n) is 15.0. The first-order valence-electron chi connectivity index (χ1n) is 20.5. The van der Waals surface area contributed by atoms with E-state index in [0.717, 1.165) is 21.4 Å². The average molecular weight is 860 g/mol. The average Bonchev–Trinajstić information content (AvgIpc) is 3.67. The number of nitrogens with one attached hydrogen (secondary N) is 7. The van der Waals surface area contributed by atoms with Crippen LogP contribution in [0.25, 0.3) is 10.9 Å². The van der Waals surface area contributed by atoms with Gasteiger partial charge in [-0.2, -0.15) is 0 Å². The molecule has 17 heteroatoms. The fourth-order valence-electron chi connectivity index (χ4n) is 6.98. The van der Waals surface area contributed by atoms with Crippen LogP contribution in [0.2, 0.25) is 0 Å². The lowest BCUT2D eigenvalue weighted by Crippen LogP contribution is -2.59. The van der Waals surface area contributed by atoms with Gasteiger partial charge in [0.1, 0.15) is 24.2 Å². The molecule has 5 rings (SSSR count). The number of para-hydroxylation sites is 3. The summed E-state index contributed by atoms with van der Waals surface area (Å²) in [6, 6.07) is 25.5. The van der Waals surface area contributed by atoms with Crippen molar-refractivity contribution >= 4 is 63.9 Å². The zero-order chi connectivity index (χ0) is 45.3. The maximum Gasteiger partial charge on any atom is 0.319 e. The number of aromatic nitrogens is 1. The fourth-order valence-corrected chi connectivity index (χ4v) is 6.98. The molecule has 0 radical (unpaired) electrons. The van der Waals surface area contributed by atoms with Gasteiger partial charge >= 0.3 is 18.0 Å². The number of carboxylic acids is 1. The number of hydrogen-bond donors (Lipinski definition) is 9. The standard InChI is InChI=1S/C46H53N9O8/c1-29-15-9-11-21-34(29)53-45(62)48-24-14-13-23-36(42(59)52-38(27-40(56)57)44(61)55(2)39(41(47)58)25-30-16-5-3-6-17-30)51-43(60)37(54-46(63)50-32-18-7-4-8-19-32)26-31-28-49-35-22-12-10-20-33(31)35/h3-12,15-22,28,36-39,49H,13-14,23-27H2,1-2H3,(H2,47,58)(H,51,60)(H,52,59)(H,56,57)(H2,48,53,62)(H2,50,54,63)/t36-,37-,38-,39-/m0/s1. The normalized spacial score (nSPS) is 12.7. The molecule has 17 nitrogen and oxygen atoms in total. The SMILES string of the molecule is Cc1ccccc1NC(=O)NCCCC[C@H](NC(=O)[C@H](Cc1c[nH]c2ccccc12)NC(=O)Nc1ccccc1)C(=O)N[C@@H](CC(=O)O)C(=O)N(C)[C@@H](Cc1ccccc1)C(N)=O. The number of aryl methyl sites for hydroxylation is 1. The first kappa shape index (κ1) is 46.4. The van der Waals surface area contributed by atoms with Crippen LogP contribution in [0, 0.1) is 6.92 Å². The molecule has 0 bridgehead atoms. The number of nitrogens with zero attached hydrogens (tertiary/aromatic N) is 1. The summed E-state index contributed by atoms with van der Waals surface area (Å²) >= 11 is 0. The first-order chi connectivity index (χ1) is 30.3. The van der Waals surface area contributed by atoms with Gasteiger partial charge in [0.15, 0.2) is 0 Å². The Labute approximate surface area is 364 Å². The van der Waals surface area contributed by atoms with Crippen LogP contribution in [-0.4, -0.2) is 94.4 Å². The quantitative estimate of drug-likeness (QED) is 0.0482. The van der Waals surface area contributed by atoms with Crippen LogP contribution in [0.15, 0.2) is 115 Å². The number of anilines is 2. The minimum absolute atomic E-state index is 0.00710. The Kier molecular flexibility index (Phi) is 16.8. The van der Waals surface area contributed by atoms with Crippen molar-refractivity contribution in [2.45, 2.75) is 69.6 Å². The van der Waals surface area contributed by atoms with Gasteiger partial charge in [0.05, 0.1) is 6.42 Å². The smallest absolute Gasteiger partial charge is 0.319 e. The highest BCUT2D eigenvalue weighted by Crippen LogP contribution is 2.20. The Balaban J connectivity index is 1.36. The number of carbonyl (C=O) groups is 7. The summed E-state index contributed by atoms with van der Waals surface area (Å²) in [5, 5.41) is 26.9. The lowest BCUT2D eigenvalue weighted by atomic mass is 10.0. The Morgan fingerprint density at radius 1 is 0.698 bits per heavy atom. The number of nitrogens with two attached hydrogens (primary N) is 1. The van der Waals surface area contributed by atoms with Crippen molar-refractivity contribution in [3.63, 3.8) is 0 Å². The molecule has 1 aromatic heterocycles. The zero-order valence-electron chi connectivity index (χ0n) is 35.1. The van der Waals surface area contributed by atoms with Gasteiger partial charge in [0.25, 0.3) is 0 Å². The molecule has 330 valence electrons. The van der Waals surface area contributed by atoms with Crippen molar-refractivity contribution in [3.05, 3.63) is 132 Å². The van der Waals surface area contributed by atoms with Gasteiger partial charge in [-0.25, -0.2) is 9.59 Å². The molecule has 10 N–H and O–H groups in total. The van der Waals surface area contributed by atoms with Crippen molar-refractivity contribution in [2.24, 2.45) is 5.73 Å². The number of H-pyrrole nitrogens is 1. The number of likely N-dealkylation sites (N-methyl/N-ethyl adjacent to an activating group) is 1. The summed E-state index contributed by atoms with van der Waals surface area (Å²) in [4.78, 5) is 97.3. The molecule has 63 heavy (non-hydrogen) atoms. The molecule has 0 aliphatic carbocycles. The van der Waals surface area contributed by atoms with Gasteiger partial charge in [-0.05, 0) is 67.1 Å². The van der Waals surface area contributed by atoms with Gasteiger partial charge < -0.3 is 52.6 Å². The summed E-state index contributed by atoms with van der Waals surface area (Å²) in [6.45, 7) is 2.06. The Bertz CT molecular complexity index is 2370. The summed E-state index contributed by atoms with van der Waals surface area (Å²) in [7, 11) is 1.30. The van der Waals surface area contributed by atoms with E-state index in [1.807, 2.05) is 43.3 Å². The number of urea groups is 2. The summed E-state index contributed by atoms with van der Waals surface area (Å²) < 4.78 is 0. The van der Waals surface area contributed by atoms with E-state index in [4.69, 9.17) is 5.73 Å². The molecule has 0 aliphatic rings. The molecular formula is C46H53N9O8. The molecule has 0 spiro atoms. The monoisotopic (exact) mass is 859 g/mol.